The van der Waals surface area contributed by atoms with Crippen molar-refractivity contribution in [3.63, 3.8) is 0 Å². The van der Waals surface area contributed by atoms with E-state index in [2.05, 4.69) is 5.32 Å². The van der Waals surface area contributed by atoms with Gasteiger partial charge in [0.1, 0.15) is 0 Å². The van der Waals surface area contributed by atoms with Crippen LogP contribution in [0.25, 0.3) is 0 Å². The van der Waals surface area contributed by atoms with Gasteiger partial charge in [-0.25, -0.2) is 0 Å². The number of nitrogens with one attached hydrogen (secondary N) is 1. The van der Waals surface area contributed by atoms with Crippen LogP contribution in [0.4, 0.5) is 0 Å². The third kappa shape index (κ3) is 3.64. The maximum atomic E-state index is 10.8. The number of carbonyl (C=O) groups is 1. The van der Waals surface area contributed by atoms with Gasteiger partial charge < -0.3 is 15.5 Å². The number of aliphatic carboxylic acids is 1. The smallest absolute Gasteiger partial charge is 0.306 e. The molecule has 4 heteroatoms. The molecular weight excluding hydrogens is 182 g/mol. The quantitative estimate of drug-likeness (QED) is 0.570. The van der Waals surface area contributed by atoms with Crippen molar-refractivity contribution in [1.82, 2.24) is 5.32 Å². The molecule has 2 unspecified atom stereocenters. The Morgan fingerprint density at radius 1 is 1.43 bits per heavy atom. The van der Waals surface area contributed by atoms with Crippen molar-refractivity contribution < 1.29 is 15.0 Å². The minimum Gasteiger partial charge on any atom is -0.481 e. The van der Waals surface area contributed by atoms with Gasteiger partial charge >= 0.3 is 5.97 Å². The molecule has 0 aromatic carbocycles. The molecule has 0 aromatic heterocycles. The standard InChI is InChI=1S/C10H19NO3/c12-6-2-5-11-9-4-1-3-8(7-9)10(13)14/h8-9,11-12H,1-7H2,(H,13,14). The Morgan fingerprint density at radius 3 is 2.86 bits per heavy atom. The van der Waals surface area contributed by atoms with Crippen LogP contribution in [0.2, 0.25) is 0 Å². The van der Waals surface area contributed by atoms with E-state index in [0.717, 1.165) is 38.6 Å². The summed E-state index contributed by atoms with van der Waals surface area (Å²) in [6.07, 6.45) is 4.35. The van der Waals surface area contributed by atoms with Crippen LogP contribution < -0.4 is 5.32 Å². The molecule has 1 aliphatic carbocycles. The van der Waals surface area contributed by atoms with Crippen LogP contribution in [0, 0.1) is 5.92 Å². The summed E-state index contributed by atoms with van der Waals surface area (Å²) in [6, 6.07) is 0.330. The van der Waals surface area contributed by atoms with Gasteiger partial charge in [-0.05, 0) is 32.2 Å². The van der Waals surface area contributed by atoms with Gasteiger partial charge in [-0.15, -0.1) is 0 Å². The van der Waals surface area contributed by atoms with Crippen molar-refractivity contribution in [1.29, 1.82) is 0 Å². The summed E-state index contributed by atoms with van der Waals surface area (Å²) in [4.78, 5) is 10.8. The number of hydrogen-bond acceptors (Lipinski definition) is 3. The molecule has 1 fully saturated rings. The highest BCUT2D eigenvalue weighted by Crippen LogP contribution is 2.24. The Balaban J connectivity index is 2.22. The molecule has 1 aliphatic rings. The maximum absolute atomic E-state index is 10.8. The molecular formula is C10H19NO3. The zero-order valence-electron chi connectivity index (χ0n) is 8.41. The van der Waals surface area contributed by atoms with Gasteiger partial charge in [0.2, 0.25) is 0 Å². The molecule has 3 N–H and O–H groups in total. The third-order valence-electron chi connectivity index (χ3n) is 2.79. The van der Waals surface area contributed by atoms with Crippen molar-refractivity contribution >= 4 is 5.97 Å². The summed E-state index contributed by atoms with van der Waals surface area (Å²) in [7, 11) is 0. The molecule has 0 spiro atoms. The predicted octanol–water partition coefficient (Wildman–Crippen LogP) is 0.602. The van der Waals surface area contributed by atoms with E-state index in [1.165, 1.54) is 0 Å². The van der Waals surface area contributed by atoms with Gasteiger partial charge in [0.25, 0.3) is 0 Å². The first-order chi connectivity index (χ1) is 6.74. The second-order valence-electron chi connectivity index (χ2n) is 3.93. The number of carboxylic acid groups (broad SMARTS) is 1. The van der Waals surface area contributed by atoms with E-state index in [-0.39, 0.29) is 12.5 Å². The molecule has 0 heterocycles. The Hall–Kier alpha value is -0.610. The Labute approximate surface area is 84.3 Å². The zero-order valence-corrected chi connectivity index (χ0v) is 8.41. The Kier molecular flexibility index (Phi) is 4.90. The van der Waals surface area contributed by atoms with Crippen LogP contribution in [0.1, 0.15) is 32.1 Å². The minimum atomic E-state index is -0.668. The van der Waals surface area contributed by atoms with Gasteiger partial charge in [0.15, 0.2) is 0 Å². The lowest BCUT2D eigenvalue weighted by Gasteiger charge is -2.27. The molecule has 0 radical (unpaired) electrons. The molecule has 0 amide bonds. The second-order valence-corrected chi connectivity index (χ2v) is 3.93. The second kappa shape index (κ2) is 5.98. The number of aliphatic hydroxyl groups is 1. The zero-order chi connectivity index (χ0) is 10.4. The van der Waals surface area contributed by atoms with Crippen molar-refractivity contribution in [3.05, 3.63) is 0 Å². The van der Waals surface area contributed by atoms with Crippen LogP contribution in [0.15, 0.2) is 0 Å². The molecule has 14 heavy (non-hydrogen) atoms. The Morgan fingerprint density at radius 2 is 2.21 bits per heavy atom. The van der Waals surface area contributed by atoms with Crippen molar-refractivity contribution in [3.8, 4) is 0 Å². The molecule has 4 nitrogen and oxygen atoms in total. The van der Waals surface area contributed by atoms with Crippen molar-refractivity contribution in [2.24, 2.45) is 5.92 Å². The molecule has 0 bridgehead atoms. The number of aliphatic hydroxyl groups excluding tert-OH is 1. The molecule has 0 saturated heterocycles. The summed E-state index contributed by atoms with van der Waals surface area (Å²) in [6.45, 7) is 0.982. The van der Waals surface area contributed by atoms with Gasteiger partial charge in [-0.2, -0.15) is 0 Å². The van der Waals surface area contributed by atoms with E-state index in [0.29, 0.717) is 6.04 Å². The molecule has 0 aliphatic heterocycles. The lowest BCUT2D eigenvalue weighted by Crippen LogP contribution is -2.37. The summed E-state index contributed by atoms with van der Waals surface area (Å²) in [5.41, 5.74) is 0. The van der Waals surface area contributed by atoms with Crippen LogP contribution >= 0.6 is 0 Å². The summed E-state index contributed by atoms with van der Waals surface area (Å²) in [5, 5.41) is 20.7. The summed E-state index contributed by atoms with van der Waals surface area (Å²) in [5.74, 6) is -0.839. The van der Waals surface area contributed by atoms with Gasteiger partial charge in [0, 0.05) is 12.6 Å². The lowest BCUT2D eigenvalue weighted by atomic mass is 9.86. The van der Waals surface area contributed by atoms with Crippen molar-refractivity contribution in [2.75, 3.05) is 13.2 Å². The topological polar surface area (TPSA) is 69.6 Å². The van der Waals surface area contributed by atoms with E-state index in [1.807, 2.05) is 0 Å². The first-order valence-electron chi connectivity index (χ1n) is 5.31. The lowest BCUT2D eigenvalue weighted by molar-refractivity contribution is -0.143. The summed E-state index contributed by atoms with van der Waals surface area (Å²) < 4.78 is 0. The highest BCUT2D eigenvalue weighted by atomic mass is 16.4. The maximum Gasteiger partial charge on any atom is 0.306 e. The molecule has 1 saturated carbocycles. The van der Waals surface area contributed by atoms with E-state index >= 15 is 0 Å². The highest BCUT2D eigenvalue weighted by Gasteiger charge is 2.26. The van der Waals surface area contributed by atoms with E-state index in [4.69, 9.17) is 10.2 Å². The molecule has 1 rings (SSSR count). The van der Waals surface area contributed by atoms with Crippen LogP contribution in [-0.4, -0.2) is 35.4 Å². The Bertz CT molecular complexity index is 184. The number of hydrogen-bond donors (Lipinski definition) is 3. The number of rotatable bonds is 5. The van der Waals surface area contributed by atoms with Gasteiger partial charge in [-0.3, -0.25) is 4.79 Å². The van der Waals surface area contributed by atoms with E-state index in [9.17, 15) is 4.79 Å². The predicted molar refractivity (Wildman–Crippen MR) is 53.1 cm³/mol. The largest absolute Gasteiger partial charge is 0.481 e. The van der Waals surface area contributed by atoms with Gasteiger partial charge in [0.05, 0.1) is 5.92 Å². The third-order valence-corrected chi connectivity index (χ3v) is 2.79. The monoisotopic (exact) mass is 201 g/mol. The fourth-order valence-electron chi connectivity index (χ4n) is 1.98. The average Bonchev–Trinajstić information content (AvgIpc) is 2.19. The fraction of sp³-hybridized carbons (Fsp3) is 0.900. The fourth-order valence-corrected chi connectivity index (χ4v) is 1.98. The van der Waals surface area contributed by atoms with Crippen LogP contribution in [0.3, 0.4) is 0 Å². The summed E-state index contributed by atoms with van der Waals surface area (Å²) >= 11 is 0. The van der Waals surface area contributed by atoms with Crippen molar-refractivity contribution in [2.45, 2.75) is 38.1 Å². The first kappa shape index (κ1) is 11.5. The highest BCUT2D eigenvalue weighted by molar-refractivity contribution is 5.70. The van der Waals surface area contributed by atoms with Crippen LogP contribution in [0.5, 0.6) is 0 Å². The SMILES string of the molecule is O=C(O)C1CCCC(NCCCO)C1. The average molecular weight is 201 g/mol. The van der Waals surface area contributed by atoms with Crippen LogP contribution in [-0.2, 0) is 4.79 Å². The molecule has 0 aromatic rings. The minimum absolute atomic E-state index is 0.171. The first-order valence-corrected chi connectivity index (χ1v) is 5.31. The number of carboxylic acids is 1. The molecule has 82 valence electrons. The molecule has 2 atom stereocenters. The van der Waals surface area contributed by atoms with E-state index in [1.54, 1.807) is 0 Å². The van der Waals surface area contributed by atoms with E-state index < -0.39 is 5.97 Å². The van der Waals surface area contributed by atoms with Gasteiger partial charge in [-0.1, -0.05) is 6.42 Å². The normalized spacial score (nSPS) is 27.5.